The molecule has 3 rings (SSSR count). The molecule has 0 saturated carbocycles. The van der Waals surface area contributed by atoms with Crippen LogP contribution in [0.5, 0.6) is 5.75 Å². The molecule has 1 aliphatic rings. The highest BCUT2D eigenvalue weighted by Crippen LogP contribution is 2.29. The number of rotatable bonds is 4. The van der Waals surface area contributed by atoms with E-state index >= 15 is 0 Å². The molecule has 28 heavy (non-hydrogen) atoms. The summed E-state index contributed by atoms with van der Waals surface area (Å²) in [6.07, 6.45) is 3.60. The van der Waals surface area contributed by atoms with Gasteiger partial charge in [0.15, 0.2) is 0 Å². The van der Waals surface area contributed by atoms with E-state index in [0.29, 0.717) is 25.5 Å². The van der Waals surface area contributed by atoms with E-state index in [2.05, 4.69) is 16.8 Å². The molecular formula is C22H23N3O3. The normalized spacial score (nSPS) is 13.5. The zero-order valence-corrected chi connectivity index (χ0v) is 16.1. The lowest BCUT2D eigenvalue weighted by atomic mass is 10.0. The zero-order valence-electron chi connectivity index (χ0n) is 16.1. The molecule has 0 spiro atoms. The van der Waals surface area contributed by atoms with Crippen LogP contribution in [-0.2, 0) is 0 Å². The molecule has 0 radical (unpaired) electrons. The second-order valence-electron chi connectivity index (χ2n) is 6.57. The number of benzene rings is 1. The van der Waals surface area contributed by atoms with Crippen LogP contribution in [0.25, 0.3) is 0 Å². The van der Waals surface area contributed by atoms with E-state index in [-0.39, 0.29) is 10.6 Å². The van der Waals surface area contributed by atoms with Gasteiger partial charge in [-0.2, -0.15) is 0 Å². The van der Waals surface area contributed by atoms with Crippen molar-refractivity contribution in [1.82, 2.24) is 4.98 Å². The first-order chi connectivity index (χ1) is 13.6. The van der Waals surface area contributed by atoms with Crippen molar-refractivity contribution in [3.8, 4) is 17.6 Å². The number of ether oxygens (including phenoxy) is 1. The average Bonchev–Trinajstić information content (AvgIpc) is 2.69. The van der Waals surface area contributed by atoms with E-state index in [1.165, 1.54) is 11.6 Å². The molecule has 2 aromatic rings. The Balaban J connectivity index is 1.66. The van der Waals surface area contributed by atoms with E-state index in [4.69, 9.17) is 4.74 Å². The maximum Gasteiger partial charge on any atom is 0.311 e. The quantitative estimate of drug-likeness (QED) is 0.452. The topological polar surface area (TPSA) is 68.5 Å². The Hall–Kier alpha value is -3.33. The van der Waals surface area contributed by atoms with Gasteiger partial charge in [0.1, 0.15) is 5.75 Å². The van der Waals surface area contributed by atoms with E-state index in [9.17, 15) is 10.1 Å². The van der Waals surface area contributed by atoms with Crippen LogP contribution in [0.1, 0.15) is 31.0 Å². The summed E-state index contributed by atoms with van der Waals surface area (Å²) in [5, 5.41) is 11.3. The molecule has 6 nitrogen and oxygen atoms in total. The SMILES string of the molecule is CCOc1cccc(C#CC=C2CCN(c3nc(C)ccc3[N+](=O)[O-])CC2)c1. The fourth-order valence-electron chi connectivity index (χ4n) is 3.11. The molecule has 0 N–H and O–H groups in total. The summed E-state index contributed by atoms with van der Waals surface area (Å²) >= 11 is 0. The number of pyridine rings is 1. The van der Waals surface area contributed by atoms with Gasteiger partial charge in [0.2, 0.25) is 5.82 Å². The molecule has 0 amide bonds. The largest absolute Gasteiger partial charge is 0.494 e. The number of aromatic nitrogens is 1. The zero-order chi connectivity index (χ0) is 19.9. The Kier molecular flexibility index (Phi) is 6.28. The second-order valence-corrected chi connectivity index (χ2v) is 6.57. The van der Waals surface area contributed by atoms with Crippen molar-refractivity contribution in [1.29, 1.82) is 0 Å². The third kappa shape index (κ3) is 4.89. The standard InChI is InChI=1S/C22H23N3O3/c1-3-28-20-9-5-8-19(16-20)7-4-6-18-12-14-24(15-13-18)22-21(25(26)27)11-10-17(2)23-22/h5-6,8-11,16H,3,12-15H2,1-2H3. The minimum absolute atomic E-state index is 0.0620. The van der Waals surface area contributed by atoms with Crippen LogP contribution in [0.3, 0.4) is 0 Å². The maximum atomic E-state index is 11.3. The van der Waals surface area contributed by atoms with Gasteiger partial charge >= 0.3 is 5.69 Å². The van der Waals surface area contributed by atoms with Gasteiger partial charge in [-0.25, -0.2) is 4.98 Å². The molecule has 6 heteroatoms. The van der Waals surface area contributed by atoms with Crippen molar-refractivity contribution in [2.45, 2.75) is 26.7 Å². The minimum Gasteiger partial charge on any atom is -0.494 e. The fourth-order valence-corrected chi connectivity index (χ4v) is 3.11. The molecule has 144 valence electrons. The number of hydrogen-bond acceptors (Lipinski definition) is 5. The molecule has 1 aliphatic heterocycles. The van der Waals surface area contributed by atoms with Gasteiger partial charge in [-0.05, 0) is 57.0 Å². The molecule has 1 saturated heterocycles. The molecular weight excluding hydrogens is 354 g/mol. The molecule has 0 unspecified atom stereocenters. The smallest absolute Gasteiger partial charge is 0.311 e. The lowest BCUT2D eigenvalue weighted by Crippen LogP contribution is -2.32. The molecule has 0 atom stereocenters. The lowest BCUT2D eigenvalue weighted by molar-refractivity contribution is -0.384. The van der Waals surface area contributed by atoms with Crippen molar-refractivity contribution in [2.75, 3.05) is 24.6 Å². The third-order valence-electron chi connectivity index (χ3n) is 4.53. The molecule has 1 aromatic heterocycles. The van der Waals surface area contributed by atoms with Gasteiger partial charge in [0.25, 0.3) is 0 Å². The van der Waals surface area contributed by atoms with Crippen molar-refractivity contribution in [3.05, 3.63) is 69.4 Å². The first-order valence-corrected chi connectivity index (χ1v) is 9.36. The van der Waals surface area contributed by atoms with Crippen LogP contribution >= 0.6 is 0 Å². The van der Waals surface area contributed by atoms with E-state index in [1.54, 1.807) is 6.07 Å². The Morgan fingerprint density at radius 1 is 1.29 bits per heavy atom. The van der Waals surface area contributed by atoms with Gasteiger partial charge in [-0.1, -0.05) is 23.5 Å². The first kappa shape index (κ1) is 19.4. The van der Waals surface area contributed by atoms with E-state index in [1.807, 2.05) is 49.1 Å². The number of hydrogen-bond donors (Lipinski definition) is 0. The van der Waals surface area contributed by atoms with Gasteiger partial charge in [-0.3, -0.25) is 10.1 Å². The number of nitro groups is 1. The molecule has 1 aromatic carbocycles. The summed E-state index contributed by atoms with van der Waals surface area (Å²) in [6, 6.07) is 10.9. The Labute approximate surface area is 165 Å². The highest BCUT2D eigenvalue weighted by molar-refractivity contribution is 5.58. The van der Waals surface area contributed by atoms with Crippen molar-refractivity contribution >= 4 is 11.5 Å². The van der Waals surface area contributed by atoms with Crippen LogP contribution in [0.15, 0.2) is 48.0 Å². The second kappa shape index (κ2) is 9.05. The highest BCUT2D eigenvalue weighted by Gasteiger charge is 2.23. The monoisotopic (exact) mass is 377 g/mol. The fraction of sp³-hybridized carbons (Fsp3) is 0.318. The van der Waals surface area contributed by atoms with Gasteiger partial charge in [0.05, 0.1) is 11.5 Å². The van der Waals surface area contributed by atoms with Crippen molar-refractivity contribution in [2.24, 2.45) is 0 Å². The first-order valence-electron chi connectivity index (χ1n) is 9.36. The predicted molar refractivity (Wildman–Crippen MR) is 110 cm³/mol. The van der Waals surface area contributed by atoms with Crippen LogP contribution in [0.4, 0.5) is 11.5 Å². The van der Waals surface area contributed by atoms with Gasteiger partial charge < -0.3 is 9.64 Å². The lowest BCUT2D eigenvalue weighted by Gasteiger charge is -2.28. The van der Waals surface area contributed by atoms with Crippen LogP contribution in [-0.4, -0.2) is 29.6 Å². The Morgan fingerprint density at radius 2 is 2.07 bits per heavy atom. The predicted octanol–water partition coefficient (Wildman–Crippen LogP) is 4.28. The Bertz CT molecular complexity index is 947. The number of nitrogens with zero attached hydrogens (tertiary/aromatic N) is 3. The third-order valence-corrected chi connectivity index (χ3v) is 4.53. The summed E-state index contributed by atoms with van der Waals surface area (Å²) in [5.74, 6) is 7.55. The number of anilines is 1. The summed E-state index contributed by atoms with van der Waals surface area (Å²) in [5.41, 5.74) is 3.01. The molecule has 0 aliphatic carbocycles. The van der Waals surface area contributed by atoms with Crippen LogP contribution < -0.4 is 9.64 Å². The summed E-state index contributed by atoms with van der Waals surface area (Å²) in [7, 11) is 0. The minimum atomic E-state index is -0.366. The number of allylic oxidation sites excluding steroid dienone is 1. The van der Waals surface area contributed by atoms with Gasteiger partial charge in [0, 0.05) is 30.4 Å². The molecule has 2 heterocycles. The van der Waals surface area contributed by atoms with Crippen LogP contribution in [0.2, 0.25) is 0 Å². The summed E-state index contributed by atoms with van der Waals surface area (Å²) in [4.78, 5) is 17.3. The molecule has 0 bridgehead atoms. The summed E-state index contributed by atoms with van der Waals surface area (Å²) in [6.45, 7) is 5.83. The Morgan fingerprint density at radius 3 is 2.79 bits per heavy atom. The average molecular weight is 377 g/mol. The van der Waals surface area contributed by atoms with Crippen molar-refractivity contribution < 1.29 is 9.66 Å². The number of aryl methyl sites for hydroxylation is 1. The van der Waals surface area contributed by atoms with E-state index < -0.39 is 0 Å². The van der Waals surface area contributed by atoms with Gasteiger partial charge in [-0.15, -0.1) is 0 Å². The number of piperidine rings is 1. The van der Waals surface area contributed by atoms with Crippen molar-refractivity contribution in [3.63, 3.8) is 0 Å². The maximum absolute atomic E-state index is 11.3. The highest BCUT2D eigenvalue weighted by atomic mass is 16.6. The van der Waals surface area contributed by atoms with Crippen LogP contribution in [0, 0.1) is 28.9 Å². The van der Waals surface area contributed by atoms with E-state index in [0.717, 1.165) is 29.8 Å². The molecule has 1 fully saturated rings. The summed E-state index contributed by atoms with van der Waals surface area (Å²) < 4.78 is 5.49.